The molecule has 0 spiro atoms. The summed E-state index contributed by atoms with van der Waals surface area (Å²) in [6.45, 7) is 5.02. The van der Waals surface area contributed by atoms with E-state index < -0.39 is 0 Å². The highest BCUT2D eigenvalue weighted by molar-refractivity contribution is 4.76. The lowest BCUT2D eigenvalue weighted by Crippen LogP contribution is -2.16. The van der Waals surface area contributed by atoms with Crippen molar-refractivity contribution < 1.29 is 4.74 Å². The van der Waals surface area contributed by atoms with Gasteiger partial charge in [0, 0.05) is 0 Å². The van der Waals surface area contributed by atoms with Gasteiger partial charge in [-0.2, -0.15) is 0 Å². The Balaban J connectivity index is 2.19. The van der Waals surface area contributed by atoms with Gasteiger partial charge in [0.15, 0.2) is 0 Å². The van der Waals surface area contributed by atoms with E-state index in [0.29, 0.717) is 12.2 Å². The molecule has 1 aliphatic rings. The largest absolute Gasteiger partial charge is 0.376 e. The number of nitrogens with two attached hydrogens (primary N) is 1. The Bertz CT molecular complexity index is 114. The van der Waals surface area contributed by atoms with Gasteiger partial charge < -0.3 is 10.5 Å². The molecule has 2 atom stereocenters. The molecule has 0 amide bonds. The SMILES string of the molecule is CC(C)O[C@@H]1CC[C@H](CN)C1. The molecule has 0 aromatic carbocycles. The summed E-state index contributed by atoms with van der Waals surface area (Å²) in [5.74, 6) is 0.721. The molecule has 66 valence electrons. The summed E-state index contributed by atoms with van der Waals surface area (Å²) in [6, 6.07) is 0. The number of hydrogen-bond donors (Lipinski definition) is 1. The molecule has 0 aromatic heterocycles. The van der Waals surface area contributed by atoms with Gasteiger partial charge in [0.2, 0.25) is 0 Å². The molecule has 2 nitrogen and oxygen atoms in total. The molecule has 1 rings (SSSR count). The molecular formula is C9H19NO. The fourth-order valence-electron chi connectivity index (χ4n) is 1.75. The van der Waals surface area contributed by atoms with Crippen molar-refractivity contribution >= 4 is 0 Å². The van der Waals surface area contributed by atoms with Crippen LogP contribution in [0, 0.1) is 5.92 Å². The van der Waals surface area contributed by atoms with Crippen molar-refractivity contribution in [2.75, 3.05) is 6.54 Å². The lowest BCUT2D eigenvalue weighted by molar-refractivity contribution is 0.0105. The van der Waals surface area contributed by atoms with Gasteiger partial charge in [-0.25, -0.2) is 0 Å². The molecule has 0 radical (unpaired) electrons. The normalized spacial score (nSPS) is 31.6. The zero-order valence-corrected chi connectivity index (χ0v) is 7.55. The molecule has 0 aliphatic heterocycles. The van der Waals surface area contributed by atoms with Gasteiger partial charge in [0.05, 0.1) is 12.2 Å². The summed E-state index contributed by atoms with van der Waals surface area (Å²) < 4.78 is 5.69. The zero-order valence-electron chi connectivity index (χ0n) is 7.55. The molecule has 0 aromatic rings. The van der Waals surface area contributed by atoms with Crippen LogP contribution in [0.3, 0.4) is 0 Å². The van der Waals surface area contributed by atoms with Gasteiger partial charge in [-0.05, 0) is 45.6 Å². The highest BCUT2D eigenvalue weighted by Gasteiger charge is 2.24. The summed E-state index contributed by atoms with van der Waals surface area (Å²) >= 11 is 0. The molecule has 1 fully saturated rings. The third kappa shape index (κ3) is 2.80. The Morgan fingerprint density at radius 1 is 1.45 bits per heavy atom. The van der Waals surface area contributed by atoms with Crippen molar-refractivity contribution in [2.45, 2.75) is 45.3 Å². The quantitative estimate of drug-likeness (QED) is 0.674. The van der Waals surface area contributed by atoms with Gasteiger partial charge in [-0.1, -0.05) is 0 Å². The molecule has 0 bridgehead atoms. The molecule has 11 heavy (non-hydrogen) atoms. The minimum atomic E-state index is 0.372. The van der Waals surface area contributed by atoms with Crippen LogP contribution in [0.1, 0.15) is 33.1 Å². The Hall–Kier alpha value is -0.0800. The minimum absolute atomic E-state index is 0.372. The van der Waals surface area contributed by atoms with E-state index in [1.165, 1.54) is 19.3 Å². The van der Waals surface area contributed by atoms with Crippen LogP contribution >= 0.6 is 0 Å². The highest BCUT2D eigenvalue weighted by Crippen LogP contribution is 2.27. The third-order valence-corrected chi connectivity index (χ3v) is 2.29. The average Bonchev–Trinajstić information content (AvgIpc) is 2.34. The Labute approximate surface area is 69.1 Å². The molecule has 1 aliphatic carbocycles. The lowest BCUT2D eigenvalue weighted by Gasteiger charge is -2.14. The molecule has 2 heteroatoms. The van der Waals surface area contributed by atoms with E-state index in [0.717, 1.165) is 12.5 Å². The molecule has 0 unspecified atom stereocenters. The Morgan fingerprint density at radius 3 is 2.64 bits per heavy atom. The van der Waals surface area contributed by atoms with Gasteiger partial charge in [0.1, 0.15) is 0 Å². The first kappa shape index (κ1) is 9.01. The second-order valence-corrected chi connectivity index (χ2v) is 3.72. The van der Waals surface area contributed by atoms with Crippen LogP contribution in [0.4, 0.5) is 0 Å². The van der Waals surface area contributed by atoms with Crippen molar-refractivity contribution in [1.29, 1.82) is 0 Å². The summed E-state index contributed by atoms with van der Waals surface area (Å²) in [5.41, 5.74) is 5.57. The minimum Gasteiger partial charge on any atom is -0.376 e. The van der Waals surface area contributed by atoms with Crippen LogP contribution in [-0.2, 0) is 4.74 Å². The van der Waals surface area contributed by atoms with E-state index in [9.17, 15) is 0 Å². The first-order chi connectivity index (χ1) is 5.22. The predicted octanol–water partition coefficient (Wildman–Crippen LogP) is 1.54. The number of hydrogen-bond acceptors (Lipinski definition) is 2. The van der Waals surface area contributed by atoms with Gasteiger partial charge in [-0.3, -0.25) is 0 Å². The van der Waals surface area contributed by atoms with Crippen LogP contribution < -0.4 is 5.73 Å². The smallest absolute Gasteiger partial charge is 0.0581 e. The van der Waals surface area contributed by atoms with Crippen LogP contribution in [-0.4, -0.2) is 18.8 Å². The topological polar surface area (TPSA) is 35.2 Å². The predicted molar refractivity (Wildman–Crippen MR) is 46.4 cm³/mol. The van der Waals surface area contributed by atoms with E-state index in [1.807, 2.05) is 0 Å². The number of ether oxygens (including phenoxy) is 1. The van der Waals surface area contributed by atoms with E-state index in [4.69, 9.17) is 10.5 Å². The fraction of sp³-hybridized carbons (Fsp3) is 1.00. The van der Waals surface area contributed by atoms with Crippen LogP contribution in [0.2, 0.25) is 0 Å². The zero-order chi connectivity index (χ0) is 8.27. The maximum absolute atomic E-state index is 5.69. The lowest BCUT2D eigenvalue weighted by atomic mass is 10.1. The van der Waals surface area contributed by atoms with Crippen LogP contribution in [0.5, 0.6) is 0 Å². The van der Waals surface area contributed by atoms with Gasteiger partial charge in [0.25, 0.3) is 0 Å². The summed E-state index contributed by atoms with van der Waals surface area (Å²) in [4.78, 5) is 0. The van der Waals surface area contributed by atoms with E-state index >= 15 is 0 Å². The van der Waals surface area contributed by atoms with Crippen LogP contribution in [0.15, 0.2) is 0 Å². The Morgan fingerprint density at radius 2 is 2.18 bits per heavy atom. The molecule has 2 N–H and O–H groups in total. The summed E-state index contributed by atoms with van der Waals surface area (Å²) in [7, 11) is 0. The standard InChI is InChI=1S/C9H19NO/c1-7(2)11-9-4-3-8(5-9)6-10/h7-9H,3-6,10H2,1-2H3/t8-,9+/m0/s1. The molecule has 0 heterocycles. The monoisotopic (exact) mass is 157 g/mol. The van der Waals surface area contributed by atoms with E-state index in [2.05, 4.69) is 13.8 Å². The van der Waals surface area contributed by atoms with Crippen molar-refractivity contribution in [3.63, 3.8) is 0 Å². The average molecular weight is 157 g/mol. The molecule has 0 saturated heterocycles. The summed E-state index contributed by atoms with van der Waals surface area (Å²) in [6.07, 6.45) is 4.50. The molecule has 1 saturated carbocycles. The second-order valence-electron chi connectivity index (χ2n) is 3.72. The highest BCUT2D eigenvalue weighted by atomic mass is 16.5. The van der Waals surface area contributed by atoms with E-state index in [1.54, 1.807) is 0 Å². The second kappa shape index (κ2) is 4.07. The first-order valence-electron chi connectivity index (χ1n) is 4.58. The maximum Gasteiger partial charge on any atom is 0.0581 e. The van der Waals surface area contributed by atoms with E-state index in [-0.39, 0.29) is 0 Å². The van der Waals surface area contributed by atoms with Crippen LogP contribution in [0.25, 0.3) is 0 Å². The van der Waals surface area contributed by atoms with Gasteiger partial charge in [-0.15, -0.1) is 0 Å². The molecular weight excluding hydrogens is 138 g/mol. The fourth-order valence-corrected chi connectivity index (χ4v) is 1.75. The van der Waals surface area contributed by atoms with Crippen molar-refractivity contribution in [3.8, 4) is 0 Å². The maximum atomic E-state index is 5.69. The third-order valence-electron chi connectivity index (χ3n) is 2.29. The Kier molecular flexibility index (Phi) is 3.34. The van der Waals surface area contributed by atoms with Crippen molar-refractivity contribution in [3.05, 3.63) is 0 Å². The van der Waals surface area contributed by atoms with Gasteiger partial charge >= 0.3 is 0 Å². The van der Waals surface area contributed by atoms with Crippen molar-refractivity contribution in [1.82, 2.24) is 0 Å². The van der Waals surface area contributed by atoms with Crippen molar-refractivity contribution in [2.24, 2.45) is 11.7 Å². The number of rotatable bonds is 3. The first-order valence-corrected chi connectivity index (χ1v) is 4.58. The summed E-state index contributed by atoms with van der Waals surface area (Å²) in [5, 5.41) is 0.